The number of amides is 1. The fraction of sp³-hybridized carbons (Fsp3) is 0.417. The Morgan fingerprint density at radius 2 is 2.00 bits per heavy atom. The molecule has 1 rings (SSSR count). The zero-order valence-electron chi connectivity index (χ0n) is 11.1. The number of hydrogen-bond acceptors (Lipinski definition) is 3. The van der Waals surface area contributed by atoms with Gasteiger partial charge >= 0.3 is 0 Å². The third-order valence-corrected chi connectivity index (χ3v) is 5.11. The highest BCUT2D eigenvalue weighted by atomic mass is 79.9. The van der Waals surface area contributed by atoms with Crippen molar-refractivity contribution in [2.24, 2.45) is 5.92 Å². The fourth-order valence-corrected chi connectivity index (χ4v) is 3.01. The lowest BCUT2D eigenvalue weighted by Crippen LogP contribution is -2.36. The summed E-state index contributed by atoms with van der Waals surface area (Å²) in [5.41, 5.74) is 0. The summed E-state index contributed by atoms with van der Waals surface area (Å²) in [5, 5.41) is 3.07. The van der Waals surface area contributed by atoms with Crippen LogP contribution in [-0.2, 0) is 14.8 Å². The van der Waals surface area contributed by atoms with Gasteiger partial charge < -0.3 is 5.32 Å². The first-order valence-corrected chi connectivity index (χ1v) is 8.62. The second-order valence-electron chi connectivity index (χ2n) is 4.42. The lowest BCUT2D eigenvalue weighted by atomic mass is 10.2. The van der Waals surface area contributed by atoms with E-state index in [9.17, 15) is 13.2 Å². The van der Waals surface area contributed by atoms with Crippen LogP contribution < -0.4 is 10.0 Å². The highest BCUT2D eigenvalue weighted by Gasteiger charge is 2.15. The Morgan fingerprint density at radius 1 is 1.35 bits per heavy atom. The van der Waals surface area contributed by atoms with Gasteiger partial charge in [0.1, 0.15) is 0 Å². The van der Waals surface area contributed by atoms with Gasteiger partial charge in [-0.25, -0.2) is 13.1 Å². The largest absolute Gasteiger partial charge is 0.355 e. The summed E-state index contributed by atoms with van der Waals surface area (Å²) in [5.74, 6) is -0.239. The van der Waals surface area contributed by atoms with E-state index in [2.05, 4.69) is 26.0 Å². The Kier molecular flexibility index (Phi) is 6.44. The van der Waals surface area contributed by atoms with Gasteiger partial charge in [-0.3, -0.25) is 4.79 Å². The Morgan fingerprint density at radius 3 is 2.55 bits per heavy atom. The van der Waals surface area contributed by atoms with Crippen LogP contribution in [0.25, 0.3) is 0 Å². The summed E-state index contributed by atoms with van der Waals surface area (Å²) in [6.45, 7) is 3.90. The van der Waals surface area contributed by atoms with Gasteiger partial charge in [0.25, 0.3) is 0 Å². The van der Waals surface area contributed by atoms with E-state index < -0.39 is 10.0 Å². The summed E-state index contributed by atoms with van der Waals surface area (Å²) in [7, 11) is -3.61. The molecule has 0 radical (unpaired) electrons. The van der Waals surface area contributed by atoms with E-state index in [1.54, 1.807) is 13.8 Å². The van der Waals surface area contributed by atoms with Crippen LogP contribution in [0.1, 0.15) is 13.8 Å². The topological polar surface area (TPSA) is 75.3 Å². The maximum Gasteiger partial charge on any atom is 0.240 e. The van der Waals surface area contributed by atoms with E-state index >= 15 is 0 Å². The summed E-state index contributed by atoms with van der Waals surface area (Å²) >= 11 is 8.99. The lowest BCUT2D eigenvalue weighted by Gasteiger charge is -2.10. The zero-order valence-corrected chi connectivity index (χ0v) is 14.3. The highest BCUT2D eigenvalue weighted by Crippen LogP contribution is 2.25. The number of carbonyl (C=O) groups excluding carboxylic acids is 1. The third-order valence-electron chi connectivity index (χ3n) is 2.44. The molecule has 0 atom stereocenters. The molecule has 112 valence electrons. The lowest BCUT2D eigenvalue weighted by molar-refractivity contribution is -0.123. The average Bonchev–Trinajstić information content (AvgIpc) is 2.37. The molecule has 1 aromatic carbocycles. The quantitative estimate of drug-likeness (QED) is 0.739. The number of nitrogens with one attached hydrogen (secondary N) is 2. The molecule has 0 heterocycles. The smallest absolute Gasteiger partial charge is 0.240 e. The maximum atomic E-state index is 12.0. The summed E-state index contributed by atoms with van der Waals surface area (Å²) in [4.78, 5) is 11.4. The van der Waals surface area contributed by atoms with Gasteiger partial charge in [0.2, 0.25) is 15.9 Å². The summed E-state index contributed by atoms with van der Waals surface area (Å²) < 4.78 is 26.9. The first kappa shape index (κ1) is 17.4. The van der Waals surface area contributed by atoms with Crippen LogP contribution in [0.5, 0.6) is 0 Å². The van der Waals surface area contributed by atoms with E-state index in [0.29, 0.717) is 9.50 Å². The Bertz CT molecular complexity index is 590. The van der Waals surface area contributed by atoms with Gasteiger partial charge in [0.05, 0.1) is 9.92 Å². The minimum atomic E-state index is -3.61. The molecule has 0 unspecified atom stereocenters. The number of sulfonamides is 1. The molecule has 0 saturated carbocycles. The van der Waals surface area contributed by atoms with E-state index in [-0.39, 0.29) is 29.8 Å². The molecular weight excluding hydrogens is 368 g/mol. The number of benzene rings is 1. The van der Waals surface area contributed by atoms with Crippen molar-refractivity contribution in [1.29, 1.82) is 0 Å². The number of hydrogen-bond donors (Lipinski definition) is 2. The molecule has 0 aromatic heterocycles. The monoisotopic (exact) mass is 382 g/mol. The maximum absolute atomic E-state index is 12.0. The van der Waals surface area contributed by atoms with Crippen LogP contribution in [0, 0.1) is 5.92 Å². The van der Waals surface area contributed by atoms with Crippen LogP contribution >= 0.6 is 27.5 Å². The van der Waals surface area contributed by atoms with Gasteiger partial charge in [0, 0.05) is 23.5 Å². The molecule has 0 saturated heterocycles. The average molecular weight is 384 g/mol. The molecule has 0 bridgehead atoms. The normalized spacial score (nSPS) is 11.7. The van der Waals surface area contributed by atoms with Crippen LogP contribution in [0.4, 0.5) is 0 Å². The van der Waals surface area contributed by atoms with Gasteiger partial charge in [0.15, 0.2) is 0 Å². The van der Waals surface area contributed by atoms with E-state index in [1.807, 2.05) is 0 Å². The van der Waals surface area contributed by atoms with Gasteiger partial charge in [-0.1, -0.05) is 25.4 Å². The molecule has 1 amide bonds. The van der Waals surface area contributed by atoms with Crippen LogP contribution in [0.15, 0.2) is 27.6 Å². The SMILES string of the molecule is CC(C)C(=O)NCCNS(=O)(=O)c1ccc(Cl)c(Br)c1. The standard InChI is InChI=1S/C12H16BrClN2O3S/c1-8(2)12(17)15-5-6-16-20(18,19)9-3-4-11(14)10(13)7-9/h3-4,7-8,16H,5-6H2,1-2H3,(H,15,17). The highest BCUT2D eigenvalue weighted by molar-refractivity contribution is 9.10. The molecule has 8 heteroatoms. The van der Waals surface area contributed by atoms with E-state index in [1.165, 1.54) is 18.2 Å². The molecular formula is C12H16BrClN2O3S. The number of rotatable bonds is 6. The predicted molar refractivity (Wildman–Crippen MR) is 82.2 cm³/mol. The van der Waals surface area contributed by atoms with Crippen molar-refractivity contribution >= 4 is 43.5 Å². The molecule has 5 nitrogen and oxygen atoms in total. The summed E-state index contributed by atoms with van der Waals surface area (Å²) in [6.07, 6.45) is 0. The summed E-state index contributed by atoms with van der Waals surface area (Å²) in [6, 6.07) is 4.35. The fourth-order valence-electron chi connectivity index (χ4n) is 1.30. The molecule has 1 aromatic rings. The molecule has 0 fully saturated rings. The molecule has 0 spiro atoms. The van der Waals surface area contributed by atoms with Crippen molar-refractivity contribution < 1.29 is 13.2 Å². The van der Waals surface area contributed by atoms with Crippen LogP contribution in [-0.4, -0.2) is 27.4 Å². The van der Waals surface area contributed by atoms with Crippen molar-refractivity contribution in [2.75, 3.05) is 13.1 Å². The minimum Gasteiger partial charge on any atom is -0.355 e. The molecule has 0 aliphatic carbocycles. The Labute approximate surface area is 132 Å². The molecule has 2 N–H and O–H groups in total. The molecule has 0 aliphatic heterocycles. The Balaban J connectivity index is 2.58. The van der Waals surface area contributed by atoms with E-state index in [0.717, 1.165) is 0 Å². The Hall–Kier alpha value is -0.630. The molecule has 0 aliphatic rings. The zero-order chi connectivity index (χ0) is 15.3. The molecule has 20 heavy (non-hydrogen) atoms. The van der Waals surface area contributed by atoms with Crippen molar-refractivity contribution in [2.45, 2.75) is 18.7 Å². The van der Waals surface area contributed by atoms with Gasteiger partial charge in [-0.2, -0.15) is 0 Å². The minimum absolute atomic E-state index is 0.113. The van der Waals surface area contributed by atoms with Gasteiger partial charge in [-0.15, -0.1) is 0 Å². The van der Waals surface area contributed by atoms with Crippen molar-refractivity contribution in [3.63, 3.8) is 0 Å². The number of carbonyl (C=O) groups is 1. The first-order chi connectivity index (χ1) is 9.24. The van der Waals surface area contributed by atoms with Crippen LogP contribution in [0.3, 0.4) is 0 Å². The number of halogens is 2. The van der Waals surface area contributed by atoms with E-state index in [4.69, 9.17) is 11.6 Å². The van der Waals surface area contributed by atoms with Gasteiger partial charge in [-0.05, 0) is 34.1 Å². The predicted octanol–water partition coefficient (Wildman–Crippen LogP) is 2.15. The van der Waals surface area contributed by atoms with Crippen molar-refractivity contribution in [1.82, 2.24) is 10.0 Å². The second kappa shape index (κ2) is 7.40. The van der Waals surface area contributed by atoms with Crippen LogP contribution in [0.2, 0.25) is 5.02 Å². The third kappa shape index (κ3) is 5.05. The van der Waals surface area contributed by atoms with Crippen molar-refractivity contribution in [3.05, 3.63) is 27.7 Å². The van der Waals surface area contributed by atoms with Crippen molar-refractivity contribution in [3.8, 4) is 0 Å². The second-order valence-corrected chi connectivity index (χ2v) is 7.45. The first-order valence-electron chi connectivity index (χ1n) is 5.96.